The van der Waals surface area contributed by atoms with Crippen molar-refractivity contribution in [2.75, 3.05) is 11.9 Å². The molecule has 1 saturated carbocycles. The highest BCUT2D eigenvalue weighted by Gasteiger charge is 2.47. The van der Waals surface area contributed by atoms with Gasteiger partial charge in [-0.3, -0.25) is 9.59 Å². The number of anilines is 1. The summed E-state index contributed by atoms with van der Waals surface area (Å²) in [5.74, 6) is 0.110. The Bertz CT molecular complexity index is 508. The number of rotatable bonds is 6. The van der Waals surface area contributed by atoms with Crippen molar-refractivity contribution in [3.05, 3.63) is 29.8 Å². The first-order valence-corrected chi connectivity index (χ1v) is 7.71. The number of amides is 2. The molecule has 1 aromatic carbocycles. The Balaban J connectivity index is 1.84. The summed E-state index contributed by atoms with van der Waals surface area (Å²) in [5.41, 5.74) is 2.04. The molecular weight excluding hydrogens is 264 g/mol. The van der Waals surface area contributed by atoms with Gasteiger partial charge >= 0.3 is 0 Å². The lowest BCUT2D eigenvalue weighted by atomic mass is 10.0. The van der Waals surface area contributed by atoms with Crippen molar-refractivity contribution in [1.29, 1.82) is 0 Å². The second-order valence-electron chi connectivity index (χ2n) is 6.01. The zero-order valence-corrected chi connectivity index (χ0v) is 13.0. The van der Waals surface area contributed by atoms with E-state index in [-0.39, 0.29) is 23.7 Å². The molecule has 0 aromatic heterocycles. The van der Waals surface area contributed by atoms with Crippen LogP contribution >= 0.6 is 0 Å². The van der Waals surface area contributed by atoms with Crippen molar-refractivity contribution in [3.8, 4) is 0 Å². The molecule has 0 saturated heterocycles. The molecule has 0 bridgehead atoms. The van der Waals surface area contributed by atoms with Crippen LogP contribution in [0.3, 0.4) is 0 Å². The predicted molar refractivity (Wildman–Crippen MR) is 84.1 cm³/mol. The standard InChI is InChI=1S/C17H24N2O2/c1-4-9-18-16(20)14-10-15(14)17(21)19-13-7-5-12(6-8-13)11(2)3/h5-8,11,14-15H,4,9-10H2,1-3H3,(H,18,20)(H,19,21). The van der Waals surface area contributed by atoms with Crippen LogP contribution in [-0.2, 0) is 9.59 Å². The monoisotopic (exact) mass is 288 g/mol. The van der Waals surface area contributed by atoms with Crippen molar-refractivity contribution < 1.29 is 9.59 Å². The van der Waals surface area contributed by atoms with E-state index in [0.29, 0.717) is 18.9 Å². The zero-order chi connectivity index (χ0) is 15.4. The molecule has 1 fully saturated rings. The number of hydrogen-bond acceptors (Lipinski definition) is 2. The first-order valence-electron chi connectivity index (χ1n) is 7.71. The van der Waals surface area contributed by atoms with Crippen LogP contribution in [-0.4, -0.2) is 18.4 Å². The molecular formula is C17H24N2O2. The first-order chi connectivity index (χ1) is 10.0. The van der Waals surface area contributed by atoms with E-state index in [4.69, 9.17) is 0 Å². The smallest absolute Gasteiger partial charge is 0.228 e. The van der Waals surface area contributed by atoms with Crippen molar-refractivity contribution in [1.82, 2.24) is 5.32 Å². The maximum atomic E-state index is 12.1. The van der Waals surface area contributed by atoms with E-state index in [1.54, 1.807) is 0 Å². The van der Waals surface area contributed by atoms with Gasteiger partial charge in [0.15, 0.2) is 0 Å². The number of benzene rings is 1. The molecule has 2 atom stereocenters. The summed E-state index contributed by atoms with van der Waals surface area (Å²) < 4.78 is 0. The summed E-state index contributed by atoms with van der Waals surface area (Å²) in [4.78, 5) is 23.9. The third-order valence-corrected chi connectivity index (χ3v) is 3.86. The third kappa shape index (κ3) is 4.06. The molecule has 0 aliphatic heterocycles. The minimum atomic E-state index is -0.174. The van der Waals surface area contributed by atoms with Gasteiger partial charge in [-0.25, -0.2) is 0 Å². The molecule has 2 rings (SSSR count). The molecule has 2 N–H and O–H groups in total. The Morgan fingerprint density at radius 1 is 1.14 bits per heavy atom. The van der Waals surface area contributed by atoms with Gasteiger partial charge in [-0.05, 0) is 36.5 Å². The van der Waals surface area contributed by atoms with E-state index in [9.17, 15) is 9.59 Å². The van der Waals surface area contributed by atoms with E-state index in [0.717, 1.165) is 12.1 Å². The second kappa shape index (κ2) is 6.74. The van der Waals surface area contributed by atoms with Crippen LogP contribution in [0.25, 0.3) is 0 Å². The molecule has 4 nitrogen and oxygen atoms in total. The summed E-state index contributed by atoms with van der Waals surface area (Å²) in [6.45, 7) is 6.97. The van der Waals surface area contributed by atoms with Crippen molar-refractivity contribution >= 4 is 17.5 Å². The lowest BCUT2D eigenvalue weighted by Gasteiger charge is -2.08. The van der Waals surface area contributed by atoms with E-state index in [1.165, 1.54) is 5.56 Å². The van der Waals surface area contributed by atoms with Gasteiger partial charge in [-0.1, -0.05) is 32.9 Å². The second-order valence-corrected chi connectivity index (χ2v) is 6.01. The topological polar surface area (TPSA) is 58.2 Å². The normalized spacial score (nSPS) is 20.2. The van der Waals surface area contributed by atoms with Crippen LogP contribution in [0.4, 0.5) is 5.69 Å². The number of carbonyl (C=O) groups is 2. The molecule has 1 aliphatic carbocycles. The predicted octanol–water partition coefficient (Wildman–Crippen LogP) is 2.91. The van der Waals surface area contributed by atoms with Crippen LogP contribution in [0.5, 0.6) is 0 Å². The molecule has 114 valence electrons. The SMILES string of the molecule is CCCNC(=O)C1CC1C(=O)Nc1ccc(C(C)C)cc1. The quantitative estimate of drug-likeness (QED) is 0.845. The molecule has 2 amide bonds. The van der Waals surface area contributed by atoms with Crippen molar-refractivity contribution in [3.63, 3.8) is 0 Å². The minimum Gasteiger partial charge on any atom is -0.356 e. The molecule has 0 radical (unpaired) electrons. The number of carbonyl (C=O) groups excluding carboxylic acids is 2. The van der Waals surface area contributed by atoms with Gasteiger partial charge in [0, 0.05) is 12.2 Å². The van der Waals surface area contributed by atoms with E-state index in [2.05, 4.69) is 24.5 Å². The third-order valence-electron chi connectivity index (χ3n) is 3.86. The molecule has 1 aliphatic rings. The van der Waals surface area contributed by atoms with Crippen molar-refractivity contribution in [2.45, 2.75) is 39.5 Å². The fourth-order valence-electron chi connectivity index (χ4n) is 2.34. The Morgan fingerprint density at radius 2 is 1.76 bits per heavy atom. The molecule has 1 aromatic rings. The van der Waals surface area contributed by atoms with Crippen LogP contribution in [0.1, 0.15) is 45.1 Å². The molecule has 2 unspecified atom stereocenters. The average Bonchev–Trinajstić information content (AvgIpc) is 3.26. The van der Waals surface area contributed by atoms with Gasteiger partial charge in [0.05, 0.1) is 11.8 Å². The van der Waals surface area contributed by atoms with Gasteiger partial charge in [0.2, 0.25) is 11.8 Å². The summed E-state index contributed by atoms with van der Waals surface area (Å²) >= 11 is 0. The van der Waals surface area contributed by atoms with Gasteiger partial charge in [0.1, 0.15) is 0 Å². The summed E-state index contributed by atoms with van der Waals surface area (Å²) in [5, 5.41) is 5.74. The van der Waals surface area contributed by atoms with Gasteiger partial charge in [-0.15, -0.1) is 0 Å². The zero-order valence-electron chi connectivity index (χ0n) is 13.0. The Morgan fingerprint density at radius 3 is 2.33 bits per heavy atom. The van der Waals surface area contributed by atoms with Crippen molar-refractivity contribution in [2.24, 2.45) is 11.8 Å². The molecule has 21 heavy (non-hydrogen) atoms. The minimum absolute atomic E-state index is 0.00663. The molecule has 4 heteroatoms. The van der Waals surface area contributed by atoms with Crippen LogP contribution in [0.15, 0.2) is 24.3 Å². The summed E-state index contributed by atoms with van der Waals surface area (Å²) in [7, 11) is 0. The van der Waals surface area contributed by atoms with Crippen LogP contribution in [0, 0.1) is 11.8 Å². The fraction of sp³-hybridized carbons (Fsp3) is 0.529. The molecule has 0 spiro atoms. The van der Waals surface area contributed by atoms with E-state index in [1.807, 2.05) is 31.2 Å². The number of hydrogen-bond donors (Lipinski definition) is 2. The molecule has 0 heterocycles. The Hall–Kier alpha value is -1.84. The summed E-state index contributed by atoms with van der Waals surface area (Å²) in [6.07, 6.45) is 1.57. The highest BCUT2D eigenvalue weighted by atomic mass is 16.2. The van der Waals surface area contributed by atoms with Gasteiger partial charge in [0.25, 0.3) is 0 Å². The first kappa shape index (κ1) is 15.5. The van der Waals surface area contributed by atoms with Crippen LogP contribution < -0.4 is 10.6 Å². The Kier molecular flexibility index (Phi) is 4.99. The fourth-order valence-corrected chi connectivity index (χ4v) is 2.34. The number of nitrogens with one attached hydrogen (secondary N) is 2. The highest BCUT2D eigenvalue weighted by Crippen LogP contribution is 2.39. The lowest BCUT2D eigenvalue weighted by molar-refractivity contribution is -0.125. The van der Waals surface area contributed by atoms with E-state index < -0.39 is 0 Å². The summed E-state index contributed by atoms with van der Waals surface area (Å²) in [6, 6.07) is 7.89. The highest BCUT2D eigenvalue weighted by molar-refractivity contribution is 5.99. The van der Waals surface area contributed by atoms with Gasteiger partial charge < -0.3 is 10.6 Å². The maximum Gasteiger partial charge on any atom is 0.228 e. The average molecular weight is 288 g/mol. The van der Waals surface area contributed by atoms with Crippen LogP contribution in [0.2, 0.25) is 0 Å². The Labute approximate surface area is 126 Å². The maximum absolute atomic E-state index is 12.1. The largest absolute Gasteiger partial charge is 0.356 e. The lowest BCUT2D eigenvalue weighted by Crippen LogP contribution is -2.27. The van der Waals surface area contributed by atoms with E-state index >= 15 is 0 Å². The van der Waals surface area contributed by atoms with Gasteiger partial charge in [-0.2, -0.15) is 0 Å².